The van der Waals surface area contributed by atoms with E-state index in [-0.39, 0.29) is 0 Å². The molecule has 1 heterocycles. The molecule has 0 aliphatic heterocycles. The molecule has 4 nitrogen and oxygen atoms in total. The topological polar surface area (TPSA) is 39.1 Å². The molecule has 0 atom stereocenters. The van der Waals surface area contributed by atoms with Gasteiger partial charge in [0.15, 0.2) is 0 Å². The molecule has 0 saturated carbocycles. The molecule has 96 valence electrons. The van der Waals surface area contributed by atoms with E-state index < -0.39 is 0 Å². The Morgan fingerprint density at radius 2 is 2.33 bits per heavy atom. The fraction of sp³-hybridized carbons (Fsp3) is 0.308. The van der Waals surface area contributed by atoms with Crippen molar-refractivity contribution in [2.75, 3.05) is 13.7 Å². The summed E-state index contributed by atoms with van der Waals surface area (Å²) in [6.45, 7) is 2.52. The number of rotatable bonds is 6. The zero-order valence-electron chi connectivity index (χ0n) is 10.3. The Balaban J connectivity index is 1.84. The Labute approximate surface area is 115 Å². The van der Waals surface area contributed by atoms with E-state index >= 15 is 0 Å². The highest BCUT2D eigenvalue weighted by Crippen LogP contribution is 2.22. The first kappa shape index (κ1) is 13.1. The molecule has 0 unspecified atom stereocenters. The highest BCUT2D eigenvalue weighted by atomic mass is 79.9. The van der Waals surface area contributed by atoms with Gasteiger partial charge >= 0.3 is 0 Å². The molecule has 0 aliphatic carbocycles. The van der Waals surface area contributed by atoms with Crippen LogP contribution >= 0.6 is 15.9 Å². The lowest BCUT2D eigenvalue weighted by Crippen LogP contribution is -2.20. The van der Waals surface area contributed by atoms with Gasteiger partial charge in [-0.1, -0.05) is 15.9 Å². The van der Waals surface area contributed by atoms with E-state index in [1.165, 1.54) is 0 Å². The van der Waals surface area contributed by atoms with Crippen LogP contribution in [0.1, 0.15) is 5.56 Å². The molecule has 0 bridgehead atoms. The number of hydrogen-bond donors (Lipinski definition) is 1. The second kappa shape index (κ2) is 6.56. The first-order valence-corrected chi connectivity index (χ1v) is 6.59. The lowest BCUT2D eigenvalue weighted by Gasteiger charge is -2.10. The summed E-state index contributed by atoms with van der Waals surface area (Å²) in [7, 11) is 1.69. The third kappa shape index (κ3) is 3.58. The van der Waals surface area contributed by atoms with Crippen molar-refractivity contribution >= 4 is 15.9 Å². The van der Waals surface area contributed by atoms with Crippen LogP contribution in [-0.4, -0.2) is 23.4 Å². The molecular weight excluding hydrogens is 294 g/mol. The summed E-state index contributed by atoms with van der Waals surface area (Å²) in [5, 5.41) is 7.53. The summed E-state index contributed by atoms with van der Waals surface area (Å²) >= 11 is 3.47. The van der Waals surface area contributed by atoms with Crippen LogP contribution in [0.4, 0.5) is 0 Å². The van der Waals surface area contributed by atoms with E-state index in [9.17, 15) is 0 Å². The summed E-state index contributed by atoms with van der Waals surface area (Å²) in [4.78, 5) is 0. The predicted molar refractivity (Wildman–Crippen MR) is 74.6 cm³/mol. The molecular formula is C13H16BrN3O. The Morgan fingerprint density at radius 3 is 3.06 bits per heavy atom. The van der Waals surface area contributed by atoms with E-state index in [0.717, 1.165) is 35.4 Å². The zero-order chi connectivity index (χ0) is 12.8. The summed E-state index contributed by atoms with van der Waals surface area (Å²) in [5.74, 6) is 0.907. The van der Waals surface area contributed by atoms with Gasteiger partial charge in [-0.2, -0.15) is 5.10 Å². The van der Waals surface area contributed by atoms with Gasteiger partial charge in [0.05, 0.1) is 13.7 Å². The SMILES string of the molecule is COc1ccc(Br)cc1CNCCn1cccn1. The molecule has 1 aromatic carbocycles. The molecule has 1 N–H and O–H groups in total. The Bertz CT molecular complexity index is 485. The fourth-order valence-corrected chi connectivity index (χ4v) is 2.14. The van der Waals surface area contributed by atoms with Crippen LogP contribution < -0.4 is 10.1 Å². The fourth-order valence-electron chi connectivity index (χ4n) is 1.73. The standard InChI is InChI=1S/C13H16BrN3O/c1-18-13-4-3-12(14)9-11(13)10-15-6-8-17-7-2-5-16-17/h2-5,7,9,15H,6,8,10H2,1H3. The van der Waals surface area contributed by atoms with E-state index in [1.54, 1.807) is 13.3 Å². The van der Waals surface area contributed by atoms with Crippen LogP contribution in [0.2, 0.25) is 0 Å². The molecule has 5 heteroatoms. The molecule has 0 fully saturated rings. The number of nitrogens with zero attached hydrogens (tertiary/aromatic N) is 2. The molecule has 0 saturated heterocycles. The summed E-state index contributed by atoms with van der Waals surface area (Å²) in [5.41, 5.74) is 1.15. The quantitative estimate of drug-likeness (QED) is 0.833. The maximum atomic E-state index is 5.32. The summed E-state index contributed by atoms with van der Waals surface area (Å²) in [6.07, 6.45) is 3.75. The van der Waals surface area contributed by atoms with Crippen molar-refractivity contribution in [2.45, 2.75) is 13.1 Å². The van der Waals surface area contributed by atoms with Crippen molar-refractivity contribution in [3.05, 3.63) is 46.7 Å². The Morgan fingerprint density at radius 1 is 1.44 bits per heavy atom. The highest BCUT2D eigenvalue weighted by Gasteiger charge is 2.03. The van der Waals surface area contributed by atoms with Crippen molar-refractivity contribution in [3.8, 4) is 5.75 Å². The minimum Gasteiger partial charge on any atom is -0.496 e. The van der Waals surface area contributed by atoms with Crippen molar-refractivity contribution in [3.63, 3.8) is 0 Å². The lowest BCUT2D eigenvalue weighted by molar-refractivity contribution is 0.407. The molecule has 18 heavy (non-hydrogen) atoms. The third-order valence-electron chi connectivity index (χ3n) is 2.63. The monoisotopic (exact) mass is 309 g/mol. The van der Waals surface area contributed by atoms with Gasteiger partial charge in [0.25, 0.3) is 0 Å². The smallest absolute Gasteiger partial charge is 0.123 e. The molecule has 2 rings (SSSR count). The number of nitrogens with one attached hydrogen (secondary N) is 1. The van der Waals surface area contributed by atoms with Gasteiger partial charge in [-0.25, -0.2) is 0 Å². The van der Waals surface area contributed by atoms with Crippen molar-refractivity contribution in [1.82, 2.24) is 15.1 Å². The van der Waals surface area contributed by atoms with Gasteiger partial charge in [-0.3, -0.25) is 4.68 Å². The van der Waals surface area contributed by atoms with Crippen LogP contribution in [0.5, 0.6) is 5.75 Å². The molecule has 0 radical (unpaired) electrons. The van der Waals surface area contributed by atoms with Crippen LogP contribution in [-0.2, 0) is 13.1 Å². The predicted octanol–water partition coefficient (Wildman–Crippen LogP) is 2.44. The highest BCUT2D eigenvalue weighted by molar-refractivity contribution is 9.10. The third-order valence-corrected chi connectivity index (χ3v) is 3.13. The Kier molecular flexibility index (Phi) is 4.78. The maximum Gasteiger partial charge on any atom is 0.123 e. The zero-order valence-corrected chi connectivity index (χ0v) is 11.9. The van der Waals surface area contributed by atoms with Crippen LogP contribution in [0.3, 0.4) is 0 Å². The molecule has 2 aromatic rings. The molecule has 0 aliphatic rings. The maximum absolute atomic E-state index is 5.32. The van der Waals surface area contributed by atoms with Gasteiger partial charge in [-0.15, -0.1) is 0 Å². The van der Waals surface area contributed by atoms with Gasteiger partial charge < -0.3 is 10.1 Å². The number of benzene rings is 1. The Hall–Kier alpha value is -1.33. The number of aromatic nitrogens is 2. The largest absolute Gasteiger partial charge is 0.496 e. The number of methoxy groups -OCH3 is 1. The van der Waals surface area contributed by atoms with Crippen LogP contribution in [0.25, 0.3) is 0 Å². The van der Waals surface area contributed by atoms with Gasteiger partial charge in [0, 0.05) is 35.5 Å². The van der Waals surface area contributed by atoms with Gasteiger partial charge in [-0.05, 0) is 24.3 Å². The average Bonchev–Trinajstić information content (AvgIpc) is 2.88. The van der Waals surface area contributed by atoms with E-state index in [0.29, 0.717) is 0 Å². The van der Waals surface area contributed by atoms with E-state index in [4.69, 9.17) is 4.74 Å². The average molecular weight is 310 g/mol. The second-order valence-electron chi connectivity index (χ2n) is 3.90. The second-order valence-corrected chi connectivity index (χ2v) is 4.82. The van der Waals surface area contributed by atoms with Crippen molar-refractivity contribution in [1.29, 1.82) is 0 Å². The lowest BCUT2D eigenvalue weighted by atomic mass is 10.2. The molecule has 0 amide bonds. The van der Waals surface area contributed by atoms with Crippen molar-refractivity contribution in [2.24, 2.45) is 0 Å². The van der Waals surface area contributed by atoms with E-state index in [2.05, 4.69) is 32.4 Å². The first-order valence-electron chi connectivity index (χ1n) is 5.80. The normalized spacial score (nSPS) is 10.6. The summed E-state index contributed by atoms with van der Waals surface area (Å²) < 4.78 is 8.29. The molecule has 1 aromatic heterocycles. The van der Waals surface area contributed by atoms with Crippen molar-refractivity contribution < 1.29 is 4.74 Å². The minimum atomic E-state index is 0.782. The van der Waals surface area contributed by atoms with Crippen LogP contribution in [0.15, 0.2) is 41.1 Å². The number of hydrogen-bond acceptors (Lipinski definition) is 3. The minimum absolute atomic E-state index is 0.782. The first-order chi connectivity index (χ1) is 8.79. The number of ether oxygens (including phenoxy) is 1. The number of halogens is 1. The van der Waals surface area contributed by atoms with E-state index in [1.807, 2.05) is 29.1 Å². The van der Waals surface area contributed by atoms with Gasteiger partial charge in [0.2, 0.25) is 0 Å². The van der Waals surface area contributed by atoms with Gasteiger partial charge in [0.1, 0.15) is 5.75 Å². The molecule has 0 spiro atoms. The van der Waals surface area contributed by atoms with Crippen LogP contribution in [0, 0.1) is 0 Å². The summed E-state index contributed by atoms with van der Waals surface area (Å²) in [6, 6.07) is 7.94.